The van der Waals surface area contributed by atoms with Crippen LogP contribution in [0.1, 0.15) is 12.6 Å². The normalized spacial score (nSPS) is 10.6. The van der Waals surface area contributed by atoms with Gasteiger partial charge in [-0.05, 0) is 44.2 Å². The molecule has 21 heavy (non-hydrogen) atoms. The van der Waals surface area contributed by atoms with E-state index in [1.54, 1.807) is 6.20 Å². The highest BCUT2D eigenvalue weighted by molar-refractivity contribution is 5.91. The zero-order chi connectivity index (χ0) is 14.7. The monoisotopic (exact) mass is 278 g/mol. The van der Waals surface area contributed by atoms with Gasteiger partial charge in [0.2, 0.25) is 0 Å². The minimum atomic E-state index is 0.617. The van der Waals surface area contributed by atoms with Crippen LogP contribution in [0.3, 0.4) is 0 Å². The van der Waals surface area contributed by atoms with Gasteiger partial charge in [-0.2, -0.15) is 0 Å². The number of anilines is 2. The fourth-order valence-electron chi connectivity index (χ4n) is 2.18. The zero-order valence-electron chi connectivity index (χ0n) is 12.1. The molecule has 4 nitrogen and oxygen atoms in total. The Balaban J connectivity index is 2.07. The summed E-state index contributed by atoms with van der Waals surface area (Å²) in [5.74, 6) is 0.794. The molecule has 4 heteroatoms. The molecule has 1 radical (unpaired) electrons. The van der Waals surface area contributed by atoms with Crippen molar-refractivity contribution in [3.8, 4) is 5.75 Å². The lowest BCUT2D eigenvalue weighted by atomic mass is 10.2. The molecule has 1 aromatic carbocycles. The SMILES string of the molecule is CCOc1cc2c(Nc3cc[c]cc3)ccnc2nc1C. The predicted molar refractivity (Wildman–Crippen MR) is 84.0 cm³/mol. The van der Waals surface area contributed by atoms with Crippen molar-refractivity contribution in [1.29, 1.82) is 0 Å². The Labute approximate surface area is 123 Å². The van der Waals surface area contributed by atoms with Gasteiger partial charge in [0, 0.05) is 17.3 Å². The van der Waals surface area contributed by atoms with E-state index in [0.29, 0.717) is 12.3 Å². The van der Waals surface area contributed by atoms with E-state index in [-0.39, 0.29) is 0 Å². The first kappa shape index (κ1) is 13.4. The lowest BCUT2D eigenvalue weighted by Crippen LogP contribution is -1.99. The summed E-state index contributed by atoms with van der Waals surface area (Å²) in [6, 6.07) is 14.6. The molecule has 105 valence electrons. The van der Waals surface area contributed by atoms with Gasteiger partial charge in [0.15, 0.2) is 5.65 Å². The Hall–Kier alpha value is -2.62. The second-order valence-electron chi connectivity index (χ2n) is 4.65. The van der Waals surface area contributed by atoms with E-state index in [1.807, 2.05) is 50.2 Å². The van der Waals surface area contributed by atoms with Crippen LogP contribution in [0.5, 0.6) is 5.75 Å². The van der Waals surface area contributed by atoms with Gasteiger partial charge in [-0.1, -0.05) is 12.1 Å². The third kappa shape index (κ3) is 2.79. The number of aromatic nitrogens is 2. The van der Waals surface area contributed by atoms with Gasteiger partial charge >= 0.3 is 0 Å². The Morgan fingerprint density at radius 2 is 2.05 bits per heavy atom. The molecule has 0 aliphatic heterocycles. The van der Waals surface area contributed by atoms with E-state index in [1.165, 1.54) is 0 Å². The molecular formula is C17H16N3O. The average molecular weight is 278 g/mol. The zero-order valence-corrected chi connectivity index (χ0v) is 12.1. The second kappa shape index (κ2) is 5.79. The fourth-order valence-corrected chi connectivity index (χ4v) is 2.18. The van der Waals surface area contributed by atoms with Crippen molar-refractivity contribution in [2.24, 2.45) is 0 Å². The summed E-state index contributed by atoms with van der Waals surface area (Å²) >= 11 is 0. The Bertz CT molecular complexity index is 757. The number of fused-ring (bicyclic) bond motifs is 1. The molecule has 1 N–H and O–H groups in total. The molecule has 0 atom stereocenters. The average Bonchev–Trinajstić information content (AvgIpc) is 2.50. The van der Waals surface area contributed by atoms with Crippen LogP contribution in [-0.2, 0) is 0 Å². The molecule has 0 spiro atoms. The maximum Gasteiger partial charge on any atom is 0.161 e. The van der Waals surface area contributed by atoms with Crippen molar-refractivity contribution in [3.63, 3.8) is 0 Å². The third-order valence-corrected chi connectivity index (χ3v) is 3.17. The molecule has 0 unspecified atom stereocenters. The van der Waals surface area contributed by atoms with Crippen molar-refractivity contribution in [2.75, 3.05) is 11.9 Å². The van der Waals surface area contributed by atoms with Crippen molar-refractivity contribution in [3.05, 3.63) is 54.4 Å². The lowest BCUT2D eigenvalue weighted by molar-refractivity contribution is 0.337. The van der Waals surface area contributed by atoms with Crippen molar-refractivity contribution >= 4 is 22.4 Å². The van der Waals surface area contributed by atoms with Crippen LogP contribution >= 0.6 is 0 Å². The Kier molecular flexibility index (Phi) is 3.69. The molecule has 3 aromatic rings. The molecule has 0 saturated carbocycles. The number of benzene rings is 1. The first-order valence-corrected chi connectivity index (χ1v) is 6.90. The summed E-state index contributed by atoms with van der Waals surface area (Å²) in [4.78, 5) is 8.85. The van der Waals surface area contributed by atoms with E-state index in [4.69, 9.17) is 4.74 Å². The molecule has 0 saturated heterocycles. The number of nitrogens with one attached hydrogen (secondary N) is 1. The number of hydrogen-bond acceptors (Lipinski definition) is 4. The minimum absolute atomic E-state index is 0.617. The number of hydrogen-bond donors (Lipinski definition) is 1. The summed E-state index contributed by atoms with van der Waals surface area (Å²) in [7, 11) is 0. The third-order valence-electron chi connectivity index (χ3n) is 3.17. The molecule has 2 heterocycles. The van der Waals surface area contributed by atoms with Crippen LogP contribution < -0.4 is 10.1 Å². The van der Waals surface area contributed by atoms with E-state index >= 15 is 0 Å². The van der Waals surface area contributed by atoms with E-state index in [9.17, 15) is 0 Å². The molecule has 0 fully saturated rings. The number of ether oxygens (including phenoxy) is 1. The van der Waals surface area contributed by atoms with Crippen molar-refractivity contribution < 1.29 is 4.74 Å². The quantitative estimate of drug-likeness (QED) is 0.786. The number of pyridine rings is 2. The van der Waals surface area contributed by atoms with Crippen LogP contribution in [0.2, 0.25) is 0 Å². The van der Waals surface area contributed by atoms with Crippen LogP contribution in [-0.4, -0.2) is 16.6 Å². The highest BCUT2D eigenvalue weighted by Crippen LogP contribution is 2.28. The van der Waals surface area contributed by atoms with Gasteiger partial charge < -0.3 is 10.1 Å². The van der Waals surface area contributed by atoms with Crippen molar-refractivity contribution in [1.82, 2.24) is 9.97 Å². The second-order valence-corrected chi connectivity index (χ2v) is 4.65. The summed E-state index contributed by atoms with van der Waals surface area (Å²) in [5.41, 5.74) is 3.52. The van der Waals surface area contributed by atoms with Gasteiger partial charge in [-0.3, -0.25) is 0 Å². The summed E-state index contributed by atoms with van der Waals surface area (Å²) in [5, 5.41) is 4.32. The fraction of sp³-hybridized carbons (Fsp3) is 0.176. The van der Waals surface area contributed by atoms with Gasteiger partial charge in [-0.15, -0.1) is 0 Å². The Morgan fingerprint density at radius 3 is 2.81 bits per heavy atom. The smallest absolute Gasteiger partial charge is 0.161 e. The van der Waals surface area contributed by atoms with Crippen LogP contribution in [0.25, 0.3) is 11.0 Å². The highest BCUT2D eigenvalue weighted by Gasteiger charge is 2.08. The minimum Gasteiger partial charge on any atom is -0.492 e. The highest BCUT2D eigenvalue weighted by atomic mass is 16.5. The van der Waals surface area contributed by atoms with Gasteiger partial charge in [0.25, 0.3) is 0 Å². The molecule has 3 rings (SSSR count). The summed E-state index contributed by atoms with van der Waals surface area (Å²) < 4.78 is 5.63. The largest absolute Gasteiger partial charge is 0.492 e. The summed E-state index contributed by atoms with van der Waals surface area (Å²) in [6.07, 6.45) is 1.76. The van der Waals surface area contributed by atoms with E-state index in [2.05, 4.69) is 21.4 Å². The Morgan fingerprint density at radius 1 is 1.24 bits per heavy atom. The predicted octanol–water partition coefficient (Wildman–Crippen LogP) is 3.88. The topological polar surface area (TPSA) is 47.0 Å². The molecule has 2 aromatic heterocycles. The summed E-state index contributed by atoms with van der Waals surface area (Å²) in [6.45, 7) is 4.51. The molecule has 0 aliphatic rings. The van der Waals surface area contributed by atoms with Gasteiger partial charge in [-0.25, -0.2) is 9.97 Å². The lowest BCUT2D eigenvalue weighted by Gasteiger charge is -2.12. The van der Waals surface area contributed by atoms with Crippen LogP contribution in [0.15, 0.2) is 42.6 Å². The number of aryl methyl sites for hydroxylation is 1. The molecule has 0 amide bonds. The number of nitrogens with zero attached hydrogens (tertiary/aromatic N) is 2. The first-order valence-electron chi connectivity index (χ1n) is 6.90. The van der Waals surface area contributed by atoms with Crippen LogP contribution in [0.4, 0.5) is 11.4 Å². The molecular weight excluding hydrogens is 262 g/mol. The van der Waals surface area contributed by atoms with E-state index < -0.39 is 0 Å². The molecule has 0 aliphatic carbocycles. The number of rotatable bonds is 4. The van der Waals surface area contributed by atoms with Gasteiger partial charge in [0.05, 0.1) is 18.0 Å². The maximum atomic E-state index is 5.63. The standard InChI is InChI=1S/C17H16N3O/c1-3-21-16-11-14-15(20-13-7-5-4-6-8-13)9-10-18-17(14)19-12(16)2/h5-11H,3H2,1-2H3,(H,18,19,20). The van der Waals surface area contributed by atoms with Crippen LogP contribution in [0, 0.1) is 13.0 Å². The van der Waals surface area contributed by atoms with E-state index in [0.717, 1.165) is 28.2 Å². The van der Waals surface area contributed by atoms with Crippen molar-refractivity contribution in [2.45, 2.75) is 13.8 Å². The first-order chi connectivity index (χ1) is 10.3. The molecule has 0 bridgehead atoms. The maximum absolute atomic E-state index is 5.63. The van der Waals surface area contributed by atoms with Gasteiger partial charge in [0.1, 0.15) is 5.75 Å².